The summed E-state index contributed by atoms with van der Waals surface area (Å²) in [5, 5.41) is 5.19. The molecule has 2 heteroatoms. The van der Waals surface area contributed by atoms with Crippen LogP contribution < -0.4 is 10.6 Å². The summed E-state index contributed by atoms with van der Waals surface area (Å²) in [5.41, 5.74) is 2.23. The number of allylic oxidation sites excluding steroid dienone is 2. The van der Waals surface area contributed by atoms with E-state index in [0.29, 0.717) is 0 Å². The van der Waals surface area contributed by atoms with Gasteiger partial charge in [-0.25, -0.2) is 0 Å². The fourth-order valence-electron chi connectivity index (χ4n) is 3.63. The lowest BCUT2D eigenvalue weighted by atomic mass is 10.0. The number of benzene rings is 3. The first-order valence-electron chi connectivity index (χ1n) is 7.41. The highest BCUT2D eigenvalue weighted by Gasteiger charge is 2.38. The van der Waals surface area contributed by atoms with Gasteiger partial charge in [0.25, 0.3) is 0 Å². The summed E-state index contributed by atoms with van der Waals surface area (Å²) in [4.78, 5) is 0. The molecule has 1 atom stereocenters. The van der Waals surface area contributed by atoms with Gasteiger partial charge in [-0.1, -0.05) is 72.8 Å². The second kappa shape index (κ2) is 4.09. The Labute approximate surface area is 129 Å². The van der Waals surface area contributed by atoms with Crippen molar-refractivity contribution in [3.63, 3.8) is 0 Å². The molecule has 2 heterocycles. The molecule has 5 rings (SSSR count). The Morgan fingerprint density at radius 1 is 0.682 bits per heavy atom. The summed E-state index contributed by atoms with van der Waals surface area (Å²) in [7, 11) is -2.74. The fraction of sp³-hybridized carbons (Fsp3) is 0. The zero-order valence-electron chi connectivity index (χ0n) is 11.9. The van der Waals surface area contributed by atoms with E-state index in [-0.39, 0.29) is 0 Å². The Hall–Kier alpha value is -2.37. The van der Waals surface area contributed by atoms with E-state index in [9.17, 15) is 4.57 Å². The van der Waals surface area contributed by atoms with Gasteiger partial charge in [0.1, 0.15) is 0 Å². The number of rotatable bonds is 0. The summed E-state index contributed by atoms with van der Waals surface area (Å²) in [6.45, 7) is 0. The Bertz CT molecular complexity index is 1050. The van der Waals surface area contributed by atoms with E-state index in [1.165, 1.54) is 5.56 Å². The fourth-order valence-corrected chi connectivity index (χ4v) is 6.73. The second-order valence-corrected chi connectivity index (χ2v) is 8.49. The number of hydrogen-bond donors (Lipinski definition) is 0. The maximum atomic E-state index is 14.1. The quantitative estimate of drug-likeness (QED) is 0.557. The first kappa shape index (κ1) is 12.2. The van der Waals surface area contributed by atoms with E-state index < -0.39 is 7.14 Å². The summed E-state index contributed by atoms with van der Waals surface area (Å²) >= 11 is 0. The average Bonchev–Trinajstić information content (AvgIpc) is 2.57. The number of hydrogen-bond acceptors (Lipinski definition) is 1. The van der Waals surface area contributed by atoms with Crippen molar-refractivity contribution < 1.29 is 4.57 Å². The number of fused-ring (bicyclic) bond motifs is 4. The third-order valence-corrected chi connectivity index (χ3v) is 7.77. The largest absolute Gasteiger partial charge is 0.309 e. The molecule has 0 amide bonds. The van der Waals surface area contributed by atoms with Gasteiger partial charge in [-0.3, -0.25) is 0 Å². The van der Waals surface area contributed by atoms with Crippen LogP contribution in [0.1, 0.15) is 11.1 Å². The smallest absolute Gasteiger partial charge is 0.172 e. The van der Waals surface area contributed by atoms with Gasteiger partial charge in [-0.15, -0.1) is 0 Å². The maximum Gasteiger partial charge on any atom is 0.172 e. The Morgan fingerprint density at radius 2 is 1.41 bits per heavy atom. The first-order chi connectivity index (χ1) is 10.8. The van der Waals surface area contributed by atoms with E-state index in [1.54, 1.807) is 0 Å². The standard InChI is InChI=1S/C20H13OP/c21-22-17(12-11-14-5-1-2-9-18(14)22)13-16-8-3-6-15-7-4-10-19(22)20(15)16/h1-13H. The molecule has 1 unspecified atom stereocenters. The van der Waals surface area contributed by atoms with Crippen LogP contribution >= 0.6 is 7.14 Å². The van der Waals surface area contributed by atoms with E-state index in [1.807, 2.05) is 42.5 Å². The van der Waals surface area contributed by atoms with Crippen molar-refractivity contribution in [3.8, 4) is 0 Å². The van der Waals surface area contributed by atoms with Crippen molar-refractivity contribution in [2.75, 3.05) is 0 Å². The van der Waals surface area contributed by atoms with E-state index in [0.717, 1.165) is 32.3 Å². The highest BCUT2D eigenvalue weighted by atomic mass is 31.2. The SMILES string of the molecule is O=P12C(=Cc3cccc4cccc1c34)C=Cc1ccccc12. The Balaban J connectivity index is 2.00. The minimum atomic E-state index is -2.74. The van der Waals surface area contributed by atoms with Gasteiger partial charge >= 0.3 is 0 Å². The maximum absolute atomic E-state index is 14.1. The van der Waals surface area contributed by atoms with Gasteiger partial charge in [0.15, 0.2) is 7.14 Å². The lowest BCUT2D eigenvalue weighted by molar-refractivity contribution is 0.591. The van der Waals surface area contributed by atoms with Crippen LogP contribution in [0.15, 0.2) is 72.1 Å². The predicted octanol–water partition coefficient (Wildman–Crippen LogP) is 4.54. The monoisotopic (exact) mass is 300 g/mol. The van der Waals surface area contributed by atoms with Gasteiger partial charge in [0.05, 0.1) is 0 Å². The summed E-state index contributed by atoms with van der Waals surface area (Å²) < 4.78 is 14.1. The van der Waals surface area contributed by atoms with Gasteiger partial charge in [0, 0.05) is 21.3 Å². The normalized spacial score (nSPS) is 21.2. The third kappa shape index (κ3) is 1.37. The van der Waals surface area contributed by atoms with Gasteiger partial charge in [-0.05, 0) is 22.6 Å². The molecule has 0 fully saturated rings. The summed E-state index contributed by atoms with van der Waals surface area (Å²) in [6, 6.07) is 20.5. The highest BCUT2D eigenvalue weighted by Crippen LogP contribution is 2.59. The molecule has 2 aliphatic heterocycles. The molecule has 0 bridgehead atoms. The lowest BCUT2D eigenvalue weighted by Crippen LogP contribution is -2.24. The zero-order chi connectivity index (χ0) is 14.7. The summed E-state index contributed by atoms with van der Waals surface area (Å²) in [6.07, 6.45) is 6.20. The second-order valence-electron chi connectivity index (χ2n) is 5.79. The van der Waals surface area contributed by atoms with Crippen LogP contribution in [0.5, 0.6) is 0 Å². The van der Waals surface area contributed by atoms with Crippen LogP contribution in [0.25, 0.3) is 22.9 Å². The van der Waals surface area contributed by atoms with Crippen LogP contribution in [0.4, 0.5) is 0 Å². The van der Waals surface area contributed by atoms with Gasteiger partial charge in [0.2, 0.25) is 0 Å². The molecule has 3 aromatic carbocycles. The molecule has 0 radical (unpaired) electrons. The molecule has 0 saturated heterocycles. The van der Waals surface area contributed by atoms with Crippen molar-refractivity contribution in [2.24, 2.45) is 0 Å². The van der Waals surface area contributed by atoms with Crippen LogP contribution in [0.3, 0.4) is 0 Å². The van der Waals surface area contributed by atoms with Crippen LogP contribution in [-0.4, -0.2) is 0 Å². The molecular weight excluding hydrogens is 287 g/mol. The Morgan fingerprint density at radius 3 is 2.32 bits per heavy atom. The molecule has 1 nitrogen and oxygen atoms in total. The predicted molar refractivity (Wildman–Crippen MR) is 94.3 cm³/mol. The molecule has 0 N–H and O–H groups in total. The molecule has 3 aromatic rings. The first-order valence-corrected chi connectivity index (χ1v) is 9.11. The molecule has 22 heavy (non-hydrogen) atoms. The van der Waals surface area contributed by atoms with Crippen LogP contribution in [0.2, 0.25) is 0 Å². The van der Waals surface area contributed by atoms with Gasteiger partial charge in [-0.2, -0.15) is 0 Å². The van der Waals surface area contributed by atoms with Crippen molar-refractivity contribution >= 4 is 40.7 Å². The Kier molecular flexibility index (Phi) is 2.27. The zero-order valence-corrected chi connectivity index (χ0v) is 12.8. The van der Waals surface area contributed by atoms with Crippen molar-refractivity contribution in [1.82, 2.24) is 0 Å². The molecule has 0 aromatic heterocycles. The highest BCUT2D eigenvalue weighted by molar-refractivity contribution is 7.83. The van der Waals surface area contributed by atoms with Crippen molar-refractivity contribution in [2.45, 2.75) is 0 Å². The molecule has 0 aliphatic carbocycles. The summed E-state index contributed by atoms with van der Waals surface area (Å²) in [5.74, 6) is 0. The molecule has 0 spiro atoms. The van der Waals surface area contributed by atoms with E-state index in [2.05, 4.69) is 36.4 Å². The van der Waals surface area contributed by atoms with E-state index >= 15 is 0 Å². The lowest BCUT2D eigenvalue weighted by Gasteiger charge is -2.30. The third-order valence-electron chi connectivity index (χ3n) is 4.63. The minimum Gasteiger partial charge on any atom is -0.309 e. The minimum absolute atomic E-state index is 0.942. The van der Waals surface area contributed by atoms with Crippen molar-refractivity contribution in [3.05, 3.63) is 83.2 Å². The molecule has 0 saturated carbocycles. The average molecular weight is 300 g/mol. The van der Waals surface area contributed by atoms with Crippen LogP contribution in [-0.2, 0) is 4.57 Å². The van der Waals surface area contributed by atoms with Crippen molar-refractivity contribution in [1.29, 1.82) is 0 Å². The molecule has 2 aliphatic rings. The topological polar surface area (TPSA) is 17.1 Å². The van der Waals surface area contributed by atoms with Crippen LogP contribution in [0, 0.1) is 0 Å². The molecule has 104 valence electrons. The van der Waals surface area contributed by atoms with E-state index in [4.69, 9.17) is 0 Å². The molecular formula is C20H13OP. The van der Waals surface area contributed by atoms with Gasteiger partial charge < -0.3 is 4.57 Å².